The number of likely N-dealkylation sites (tertiary alicyclic amines) is 1. The Balaban J connectivity index is 2.75. The fraction of sp³-hybridized carbons (Fsp3) is 0.800. The molecule has 22 heavy (non-hydrogen) atoms. The molecule has 1 aliphatic rings. The standard InChI is InChI=1S/C15H26N2O5/c1-9(2)11(13(19)20)16-12(18)10-7-6-8-17(10)14(21)22-15(3,4)5/h9-11H,6-8H2,1-5H3,(H,16,18)(H,19,20)/t10-,11+/m1/s1. The van der Waals surface area contributed by atoms with Crippen LogP contribution in [0.4, 0.5) is 4.79 Å². The van der Waals surface area contributed by atoms with Crippen LogP contribution in [0.5, 0.6) is 0 Å². The Bertz CT molecular complexity index is 442. The Kier molecular flexibility index (Phi) is 5.79. The number of hydrogen-bond donors (Lipinski definition) is 2. The maximum absolute atomic E-state index is 12.3. The van der Waals surface area contributed by atoms with Crippen molar-refractivity contribution in [1.29, 1.82) is 0 Å². The van der Waals surface area contributed by atoms with E-state index in [9.17, 15) is 14.4 Å². The van der Waals surface area contributed by atoms with Gasteiger partial charge in [-0.25, -0.2) is 9.59 Å². The van der Waals surface area contributed by atoms with E-state index >= 15 is 0 Å². The number of nitrogens with zero attached hydrogens (tertiary/aromatic N) is 1. The van der Waals surface area contributed by atoms with E-state index in [0.29, 0.717) is 19.4 Å². The van der Waals surface area contributed by atoms with Crippen LogP contribution >= 0.6 is 0 Å². The predicted molar refractivity (Wildman–Crippen MR) is 80.4 cm³/mol. The zero-order valence-electron chi connectivity index (χ0n) is 13.9. The molecular formula is C15H26N2O5. The van der Waals surface area contributed by atoms with Crippen molar-refractivity contribution in [3.63, 3.8) is 0 Å². The fourth-order valence-electron chi connectivity index (χ4n) is 2.34. The lowest BCUT2D eigenvalue weighted by Gasteiger charge is -2.29. The average Bonchev–Trinajstić information content (AvgIpc) is 2.81. The quantitative estimate of drug-likeness (QED) is 0.822. The van der Waals surface area contributed by atoms with Crippen molar-refractivity contribution in [3.05, 3.63) is 0 Å². The molecule has 0 bridgehead atoms. The van der Waals surface area contributed by atoms with Gasteiger partial charge in [-0.05, 0) is 39.5 Å². The minimum atomic E-state index is -1.08. The van der Waals surface area contributed by atoms with Gasteiger partial charge in [0, 0.05) is 6.54 Å². The Morgan fingerprint density at radius 2 is 1.86 bits per heavy atom. The van der Waals surface area contributed by atoms with E-state index in [4.69, 9.17) is 9.84 Å². The van der Waals surface area contributed by atoms with E-state index < -0.39 is 35.7 Å². The number of amides is 2. The van der Waals surface area contributed by atoms with E-state index in [-0.39, 0.29) is 5.92 Å². The van der Waals surface area contributed by atoms with Crippen molar-refractivity contribution in [1.82, 2.24) is 10.2 Å². The minimum absolute atomic E-state index is 0.238. The highest BCUT2D eigenvalue weighted by molar-refractivity contribution is 5.89. The third-order valence-corrected chi connectivity index (χ3v) is 3.41. The number of carboxylic acids is 1. The molecule has 0 radical (unpaired) electrons. The number of carboxylic acid groups (broad SMARTS) is 1. The SMILES string of the molecule is CC(C)[C@H](NC(=O)[C@H]1CCCN1C(=O)OC(C)(C)C)C(=O)O. The van der Waals surface area contributed by atoms with Gasteiger partial charge in [0.1, 0.15) is 17.7 Å². The molecule has 7 heteroatoms. The highest BCUT2D eigenvalue weighted by atomic mass is 16.6. The molecule has 1 aliphatic heterocycles. The van der Waals surface area contributed by atoms with Gasteiger partial charge in [-0.2, -0.15) is 0 Å². The lowest BCUT2D eigenvalue weighted by atomic mass is 10.0. The van der Waals surface area contributed by atoms with Gasteiger partial charge in [-0.15, -0.1) is 0 Å². The number of carbonyl (C=O) groups excluding carboxylic acids is 2. The van der Waals surface area contributed by atoms with Gasteiger partial charge in [0.25, 0.3) is 0 Å². The Labute approximate surface area is 131 Å². The first kappa shape index (κ1) is 18.3. The molecule has 0 unspecified atom stereocenters. The molecule has 1 heterocycles. The molecule has 0 aromatic rings. The summed E-state index contributed by atoms with van der Waals surface area (Å²) >= 11 is 0. The summed E-state index contributed by atoms with van der Waals surface area (Å²) < 4.78 is 5.29. The van der Waals surface area contributed by atoms with Gasteiger partial charge in [-0.3, -0.25) is 9.69 Å². The highest BCUT2D eigenvalue weighted by Crippen LogP contribution is 2.21. The minimum Gasteiger partial charge on any atom is -0.480 e. The molecule has 0 aromatic heterocycles. The number of nitrogens with one attached hydrogen (secondary N) is 1. The summed E-state index contributed by atoms with van der Waals surface area (Å²) in [4.78, 5) is 37.0. The maximum atomic E-state index is 12.3. The largest absolute Gasteiger partial charge is 0.480 e. The zero-order chi connectivity index (χ0) is 17.1. The molecule has 2 atom stereocenters. The highest BCUT2D eigenvalue weighted by Gasteiger charge is 2.38. The normalized spacial score (nSPS) is 19.9. The molecule has 2 amide bonds. The molecular weight excluding hydrogens is 288 g/mol. The second-order valence-corrected chi connectivity index (χ2v) is 6.90. The lowest BCUT2D eigenvalue weighted by molar-refractivity contribution is -0.143. The third kappa shape index (κ3) is 4.89. The number of aliphatic carboxylic acids is 1. The van der Waals surface area contributed by atoms with Crippen LogP contribution in [0.3, 0.4) is 0 Å². The second-order valence-electron chi connectivity index (χ2n) is 6.90. The van der Waals surface area contributed by atoms with E-state index in [1.807, 2.05) is 0 Å². The topological polar surface area (TPSA) is 95.9 Å². The van der Waals surface area contributed by atoms with Gasteiger partial charge < -0.3 is 15.2 Å². The maximum Gasteiger partial charge on any atom is 0.410 e. The van der Waals surface area contributed by atoms with Crippen molar-refractivity contribution >= 4 is 18.0 Å². The number of rotatable bonds is 4. The summed E-state index contributed by atoms with van der Waals surface area (Å²) in [6.45, 7) is 9.16. The van der Waals surface area contributed by atoms with Gasteiger partial charge >= 0.3 is 12.1 Å². The first-order valence-electron chi connectivity index (χ1n) is 7.55. The number of carbonyl (C=O) groups is 3. The van der Waals surface area contributed by atoms with E-state index in [1.165, 1.54) is 4.90 Å². The molecule has 126 valence electrons. The van der Waals surface area contributed by atoms with Gasteiger partial charge in [-0.1, -0.05) is 13.8 Å². The number of ether oxygens (including phenoxy) is 1. The van der Waals surface area contributed by atoms with Crippen LogP contribution in [0, 0.1) is 5.92 Å². The Morgan fingerprint density at radius 1 is 1.27 bits per heavy atom. The predicted octanol–water partition coefficient (Wildman–Crippen LogP) is 1.61. The van der Waals surface area contributed by atoms with Crippen molar-refractivity contribution in [2.45, 2.75) is 65.1 Å². The van der Waals surface area contributed by atoms with Crippen LogP contribution in [-0.4, -0.2) is 52.2 Å². The summed E-state index contributed by atoms with van der Waals surface area (Å²) in [5, 5.41) is 11.7. The van der Waals surface area contributed by atoms with Crippen LogP contribution < -0.4 is 5.32 Å². The molecule has 0 aliphatic carbocycles. The van der Waals surface area contributed by atoms with Crippen molar-refractivity contribution in [3.8, 4) is 0 Å². The van der Waals surface area contributed by atoms with Crippen LogP contribution in [0.25, 0.3) is 0 Å². The first-order valence-corrected chi connectivity index (χ1v) is 7.55. The molecule has 0 saturated carbocycles. The van der Waals surface area contributed by atoms with Crippen LogP contribution in [0.2, 0.25) is 0 Å². The molecule has 1 saturated heterocycles. The summed E-state index contributed by atoms with van der Waals surface area (Å²) in [7, 11) is 0. The van der Waals surface area contributed by atoms with Crippen LogP contribution in [0.15, 0.2) is 0 Å². The molecule has 1 rings (SSSR count). The molecule has 1 fully saturated rings. The Morgan fingerprint density at radius 3 is 2.32 bits per heavy atom. The van der Waals surface area contributed by atoms with Crippen LogP contribution in [-0.2, 0) is 14.3 Å². The van der Waals surface area contributed by atoms with Gasteiger partial charge in [0.15, 0.2) is 0 Å². The zero-order valence-corrected chi connectivity index (χ0v) is 13.9. The molecule has 0 aromatic carbocycles. The van der Waals surface area contributed by atoms with Crippen molar-refractivity contribution in [2.24, 2.45) is 5.92 Å². The third-order valence-electron chi connectivity index (χ3n) is 3.41. The molecule has 7 nitrogen and oxygen atoms in total. The summed E-state index contributed by atoms with van der Waals surface area (Å²) in [5.41, 5.74) is -0.637. The average molecular weight is 314 g/mol. The smallest absolute Gasteiger partial charge is 0.410 e. The van der Waals surface area contributed by atoms with Crippen molar-refractivity contribution < 1.29 is 24.2 Å². The second kappa shape index (κ2) is 6.98. The fourth-order valence-corrected chi connectivity index (χ4v) is 2.34. The van der Waals surface area contributed by atoms with E-state index in [1.54, 1.807) is 34.6 Å². The summed E-state index contributed by atoms with van der Waals surface area (Å²) in [5.74, 6) is -1.76. The molecule has 0 spiro atoms. The van der Waals surface area contributed by atoms with Gasteiger partial charge in [0.05, 0.1) is 0 Å². The van der Waals surface area contributed by atoms with Gasteiger partial charge in [0.2, 0.25) is 5.91 Å². The summed E-state index contributed by atoms with van der Waals surface area (Å²) in [6, 6.07) is -1.64. The lowest BCUT2D eigenvalue weighted by Crippen LogP contribution is -2.53. The summed E-state index contributed by atoms with van der Waals surface area (Å²) in [6.07, 6.45) is 0.660. The monoisotopic (exact) mass is 314 g/mol. The van der Waals surface area contributed by atoms with E-state index in [0.717, 1.165) is 0 Å². The molecule has 2 N–H and O–H groups in total. The Hall–Kier alpha value is -1.79. The van der Waals surface area contributed by atoms with E-state index in [2.05, 4.69) is 5.32 Å². The van der Waals surface area contributed by atoms with Crippen LogP contribution in [0.1, 0.15) is 47.5 Å². The first-order chi connectivity index (χ1) is 10.0. The van der Waals surface area contributed by atoms with Crippen molar-refractivity contribution in [2.75, 3.05) is 6.54 Å². The number of hydrogen-bond acceptors (Lipinski definition) is 4.